The highest BCUT2D eigenvalue weighted by atomic mass is 16.2. The Morgan fingerprint density at radius 2 is 1.77 bits per heavy atom. The monoisotopic (exact) mass is 353 g/mol. The van der Waals surface area contributed by atoms with Gasteiger partial charge in [-0.25, -0.2) is 0 Å². The van der Waals surface area contributed by atoms with Crippen molar-refractivity contribution in [1.29, 1.82) is 0 Å². The minimum atomic E-state index is -0.365. The summed E-state index contributed by atoms with van der Waals surface area (Å²) in [5, 5.41) is 2.87. The molecule has 0 aliphatic carbocycles. The van der Waals surface area contributed by atoms with Crippen LogP contribution in [0.5, 0.6) is 0 Å². The van der Waals surface area contributed by atoms with Gasteiger partial charge in [-0.2, -0.15) is 0 Å². The van der Waals surface area contributed by atoms with Gasteiger partial charge in [0, 0.05) is 29.9 Å². The van der Waals surface area contributed by atoms with Crippen molar-refractivity contribution in [2.24, 2.45) is 0 Å². The first kappa shape index (κ1) is 19.6. The summed E-state index contributed by atoms with van der Waals surface area (Å²) in [6, 6.07) is 13.1. The zero-order valence-electron chi connectivity index (χ0n) is 16.1. The van der Waals surface area contributed by atoms with Gasteiger partial charge in [-0.15, -0.1) is 0 Å². The van der Waals surface area contributed by atoms with Crippen molar-refractivity contribution in [2.75, 3.05) is 0 Å². The fourth-order valence-electron chi connectivity index (χ4n) is 2.53. The van der Waals surface area contributed by atoms with E-state index in [1.807, 2.05) is 65.0 Å². The number of nitrogens with zero attached hydrogens (tertiary/aromatic N) is 2. The van der Waals surface area contributed by atoms with Crippen LogP contribution in [0.2, 0.25) is 0 Å². The Kier molecular flexibility index (Phi) is 6.14. The normalized spacial score (nSPS) is 11.3. The van der Waals surface area contributed by atoms with Crippen LogP contribution in [0.4, 0.5) is 0 Å². The predicted molar refractivity (Wildman–Crippen MR) is 103 cm³/mol. The van der Waals surface area contributed by atoms with E-state index in [9.17, 15) is 9.59 Å². The quantitative estimate of drug-likeness (QED) is 0.892. The summed E-state index contributed by atoms with van der Waals surface area (Å²) in [6.45, 7) is 10.2. The molecule has 0 fully saturated rings. The SMILES string of the molecule is CC(C)N(Cc1ccccc1)C(=O)c1ccnc(C(=O)NC(C)(C)C)c1. The number of amides is 2. The molecule has 0 saturated carbocycles. The summed E-state index contributed by atoms with van der Waals surface area (Å²) in [5.74, 6) is -0.401. The number of hydrogen-bond acceptors (Lipinski definition) is 3. The topological polar surface area (TPSA) is 62.3 Å². The van der Waals surface area contributed by atoms with Gasteiger partial charge < -0.3 is 10.2 Å². The number of carbonyl (C=O) groups excluding carboxylic acids is 2. The molecule has 5 heteroatoms. The molecule has 138 valence electrons. The third-order valence-electron chi connectivity index (χ3n) is 3.81. The van der Waals surface area contributed by atoms with Gasteiger partial charge in [0.15, 0.2) is 0 Å². The third kappa shape index (κ3) is 5.41. The molecule has 1 N–H and O–H groups in total. The number of pyridine rings is 1. The number of rotatable bonds is 5. The van der Waals surface area contributed by atoms with Gasteiger partial charge in [-0.1, -0.05) is 30.3 Å². The molecule has 26 heavy (non-hydrogen) atoms. The van der Waals surface area contributed by atoms with E-state index < -0.39 is 0 Å². The maximum absolute atomic E-state index is 13.0. The summed E-state index contributed by atoms with van der Waals surface area (Å²) in [4.78, 5) is 31.2. The van der Waals surface area contributed by atoms with Gasteiger partial charge in [-0.3, -0.25) is 14.6 Å². The smallest absolute Gasteiger partial charge is 0.270 e. The van der Waals surface area contributed by atoms with Crippen LogP contribution in [0.3, 0.4) is 0 Å². The van der Waals surface area contributed by atoms with Gasteiger partial charge in [-0.05, 0) is 52.3 Å². The molecule has 0 bridgehead atoms. The van der Waals surface area contributed by atoms with Crippen molar-refractivity contribution >= 4 is 11.8 Å². The van der Waals surface area contributed by atoms with Crippen LogP contribution in [0.15, 0.2) is 48.7 Å². The standard InChI is InChI=1S/C21H27N3O2/c1-15(2)24(14-16-9-7-6-8-10-16)20(26)17-11-12-22-18(13-17)19(25)23-21(3,4)5/h6-13,15H,14H2,1-5H3,(H,23,25). The van der Waals surface area contributed by atoms with Crippen molar-refractivity contribution in [3.63, 3.8) is 0 Å². The van der Waals surface area contributed by atoms with Crippen molar-refractivity contribution in [3.05, 3.63) is 65.5 Å². The Morgan fingerprint density at radius 3 is 2.35 bits per heavy atom. The molecule has 1 aromatic carbocycles. The molecular formula is C21H27N3O2. The molecule has 0 aliphatic heterocycles. The molecule has 0 atom stereocenters. The number of aromatic nitrogens is 1. The van der Waals surface area contributed by atoms with E-state index in [2.05, 4.69) is 10.3 Å². The van der Waals surface area contributed by atoms with Crippen LogP contribution < -0.4 is 5.32 Å². The van der Waals surface area contributed by atoms with Crippen LogP contribution in [-0.2, 0) is 6.54 Å². The van der Waals surface area contributed by atoms with Gasteiger partial charge >= 0.3 is 0 Å². The van der Waals surface area contributed by atoms with Crippen LogP contribution in [0.1, 0.15) is 61.0 Å². The third-order valence-corrected chi connectivity index (χ3v) is 3.81. The molecule has 1 heterocycles. The second kappa shape index (κ2) is 8.13. The summed E-state index contributed by atoms with van der Waals surface area (Å²) in [5.41, 5.74) is 1.41. The largest absolute Gasteiger partial charge is 0.346 e. The number of nitrogens with one attached hydrogen (secondary N) is 1. The maximum Gasteiger partial charge on any atom is 0.270 e. The fourth-order valence-corrected chi connectivity index (χ4v) is 2.53. The lowest BCUT2D eigenvalue weighted by Crippen LogP contribution is -2.41. The lowest BCUT2D eigenvalue weighted by atomic mass is 10.1. The second-order valence-electron chi connectivity index (χ2n) is 7.65. The highest BCUT2D eigenvalue weighted by Gasteiger charge is 2.22. The first-order valence-electron chi connectivity index (χ1n) is 8.81. The van der Waals surface area contributed by atoms with Crippen LogP contribution >= 0.6 is 0 Å². The van der Waals surface area contributed by atoms with Crippen molar-refractivity contribution < 1.29 is 9.59 Å². The Balaban J connectivity index is 2.23. The zero-order valence-corrected chi connectivity index (χ0v) is 16.1. The molecule has 5 nitrogen and oxygen atoms in total. The Bertz CT molecular complexity index is 764. The Morgan fingerprint density at radius 1 is 1.12 bits per heavy atom. The van der Waals surface area contributed by atoms with Crippen molar-refractivity contribution in [2.45, 2.75) is 52.7 Å². The fraction of sp³-hybridized carbons (Fsp3) is 0.381. The van der Waals surface area contributed by atoms with Gasteiger partial charge in [0.2, 0.25) is 0 Å². The zero-order chi connectivity index (χ0) is 19.3. The molecule has 2 amide bonds. The van der Waals surface area contributed by atoms with E-state index in [0.29, 0.717) is 12.1 Å². The lowest BCUT2D eigenvalue weighted by Gasteiger charge is -2.27. The van der Waals surface area contributed by atoms with Crippen molar-refractivity contribution in [3.8, 4) is 0 Å². The summed E-state index contributed by atoms with van der Waals surface area (Å²) >= 11 is 0. The number of carbonyl (C=O) groups is 2. The summed E-state index contributed by atoms with van der Waals surface area (Å²) in [7, 11) is 0. The van der Waals surface area contributed by atoms with E-state index in [1.54, 1.807) is 17.0 Å². The average Bonchev–Trinajstić information content (AvgIpc) is 2.58. The molecule has 0 saturated heterocycles. The highest BCUT2D eigenvalue weighted by Crippen LogP contribution is 2.14. The number of benzene rings is 1. The van der Waals surface area contributed by atoms with Gasteiger partial charge in [0.1, 0.15) is 5.69 Å². The summed E-state index contributed by atoms with van der Waals surface area (Å²) in [6.07, 6.45) is 1.51. The molecule has 0 spiro atoms. The molecular weight excluding hydrogens is 326 g/mol. The van der Waals surface area contributed by atoms with E-state index in [1.165, 1.54) is 6.20 Å². The molecule has 2 aromatic rings. The molecule has 0 radical (unpaired) electrons. The van der Waals surface area contributed by atoms with Crippen LogP contribution in [0.25, 0.3) is 0 Å². The van der Waals surface area contributed by atoms with E-state index in [4.69, 9.17) is 0 Å². The molecule has 0 unspecified atom stereocenters. The predicted octanol–water partition coefficient (Wildman–Crippen LogP) is 3.66. The Hall–Kier alpha value is -2.69. The lowest BCUT2D eigenvalue weighted by molar-refractivity contribution is 0.0690. The van der Waals surface area contributed by atoms with Crippen LogP contribution in [-0.4, -0.2) is 33.3 Å². The molecule has 0 aliphatic rings. The van der Waals surface area contributed by atoms with Gasteiger partial charge in [0.05, 0.1) is 0 Å². The molecule has 1 aromatic heterocycles. The first-order chi connectivity index (χ1) is 12.2. The van der Waals surface area contributed by atoms with Crippen LogP contribution in [0, 0.1) is 0 Å². The minimum absolute atomic E-state index is 0.0303. The Labute approximate surface area is 155 Å². The average molecular weight is 353 g/mol. The molecule has 2 rings (SSSR count). The number of hydrogen-bond donors (Lipinski definition) is 1. The second-order valence-corrected chi connectivity index (χ2v) is 7.65. The van der Waals surface area contributed by atoms with E-state index in [0.717, 1.165) is 5.56 Å². The minimum Gasteiger partial charge on any atom is -0.346 e. The first-order valence-corrected chi connectivity index (χ1v) is 8.81. The van der Waals surface area contributed by atoms with E-state index >= 15 is 0 Å². The van der Waals surface area contributed by atoms with E-state index in [-0.39, 0.29) is 29.1 Å². The highest BCUT2D eigenvalue weighted by molar-refractivity contribution is 5.98. The van der Waals surface area contributed by atoms with Gasteiger partial charge in [0.25, 0.3) is 11.8 Å². The van der Waals surface area contributed by atoms with Crippen molar-refractivity contribution in [1.82, 2.24) is 15.2 Å². The maximum atomic E-state index is 13.0. The summed E-state index contributed by atoms with van der Waals surface area (Å²) < 4.78 is 0.